The Morgan fingerprint density at radius 2 is 1.66 bits per heavy atom. The number of hydrogen-bond donors (Lipinski definition) is 2. The van der Waals surface area contributed by atoms with E-state index in [1.807, 2.05) is 80.6 Å². The number of methoxy groups -OCH3 is 1. The highest BCUT2D eigenvalue weighted by atomic mass is 32.1. The molecule has 6 heteroatoms. The lowest BCUT2D eigenvalue weighted by Gasteiger charge is -2.19. The van der Waals surface area contributed by atoms with Crippen LogP contribution >= 0.6 is 12.2 Å². The highest BCUT2D eigenvalue weighted by molar-refractivity contribution is 7.80. The predicted octanol–water partition coefficient (Wildman–Crippen LogP) is 6.50. The molecular weight excluding hydrogens is 456 g/mol. The van der Waals surface area contributed by atoms with E-state index < -0.39 is 0 Å². The smallest absolute Gasteiger partial charge is 0.193 e. The molecule has 5 nitrogen and oxygen atoms in total. The molecule has 0 aliphatic carbocycles. The molecule has 0 bridgehead atoms. The summed E-state index contributed by atoms with van der Waals surface area (Å²) >= 11 is 5.47. The summed E-state index contributed by atoms with van der Waals surface area (Å²) in [5, 5.41) is 6.83. The van der Waals surface area contributed by atoms with Crippen LogP contribution in [0, 0.1) is 0 Å². The molecule has 0 aliphatic rings. The Kier molecular flexibility index (Phi) is 8.52. The summed E-state index contributed by atoms with van der Waals surface area (Å²) in [6.45, 7) is 10.9. The van der Waals surface area contributed by atoms with Crippen molar-refractivity contribution in [1.82, 2.24) is 5.32 Å². The molecule has 0 heterocycles. The molecule has 2 N–H and O–H groups in total. The minimum atomic E-state index is -0.0243. The summed E-state index contributed by atoms with van der Waals surface area (Å²) in [6, 6.07) is 21.0. The lowest BCUT2D eigenvalue weighted by molar-refractivity contribution is 0.103. The lowest BCUT2D eigenvalue weighted by atomic mass is 9.86. The second-order valence-corrected chi connectivity index (χ2v) is 10.1. The van der Waals surface area contributed by atoms with Crippen LogP contribution in [0.15, 0.2) is 66.7 Å². The first-order valence-corrected chi connectivity index (χ1v) is 12.1. The van der Waals surface area contributed by atoms with Gasteiger partial charge in [0.05, 0.1) is 13.2 Å². The summed E-state index contributed by atoms with van der Waals surface area (Å²) in [7, 11) is 1.62. The third kappa shape index (κ3) is 7.30. The Balaban J connectivity index is 1.62. The van der Waals surface area contributed by atoms with Crippen molar-refractivity contribution in [2.24, 2.45) is 0 Å². The molecule has 0 saturated heterocycles. The molecule has 0 atom stereocenters. The molecule has 0 amide bonds. The van der Waals surface area contributed by atoms with Gasteiger partial charge in [0, 0.05) is 23.4 Å². The Hall–Kier alpha value is -3.38. The third-order valence-corrected chi connectivity index (χ3v) is 5.69. The van der Waals surface area contributed by atoms with Crippen LogP contribution in [0.25, 0.3) is 0 Å². The zero-order valence-corrected chi connectivity index (χ0v) is 22.1. The fraction of sp³-hybridized carbons (Fsp3) is 0.310. The van der Waals surface area contributed by atoms with Crippen molar-refractivity contribution in [2.75, 3.05) is 12.4 Å². The molecule has 0 spiro atoms. The minimum Gasteiger partial charge on any atom is -0.493 e. The van der Waals surface area contributed by atoms with Crippen LogP contribution < -0.4 is 20.1 Å². The molecule has 3 aromatic carbocycles. The highest BCUT2D eigenvalue weighted by Gasteiger charge is 2.15. The standard InChI is InChI=1S/C29H34N2O3S/c1-19(2)34-25-15-10-20(16-26(25)33-6)18-30-28(35)31-24-9-7-8-22(17-24)27(32)21-11-13-23(14-12-21)29(3,4)5/h7-17,19H,18H2,1-6H3,(H2,30,31,35). The summed E-state index contributed by atoms with van der Waals surface area (Å²) in [4.78, 5) is 13.0. The van der Waals surface area contributed by atoms with Crippen LogP contribution in [0.5, 0.6) is 11.5 Å². The summed E-state index contributed by atoms with van der Waals surface area (Å²) < 4.78 is 11.2. The minimum absolute atomic E-state index is 0.0243. The summed E-state index contributed by atoms with van der Waals surface area (Å²) in [5.74, 6) is 1.36. The first-order valence-electron chi connectivity index (χ1n) is 11.7. The van der Waals surface area contributed by atoms with Gasteiger partial charge in [-0.05, 0) is 66.9 Å². The molecule has 0 aliphatic heterocycles. The fourth-order valence-electron chi connectivity index (χ4n) is 3.56. The predicted molar refractivity (Wildman–Crippen MR) is 147 cm³/mol. The van der Waals surface area contributed by atoms with Gasteiger partial charge in [0.15, 0.2) is 22.4 Å². The normalized spacial score (nSPS) is 11.2. The molecule has 0 aromatic heterocycles. The SMILES string of the molecule is COc1cc(CNC(=S)Nc2cccc(C(=O)c3ccc(C(C)(C)C)cc3)c2)ccc1OC(C)C. The number of rotatable bonds is 8. The van der Waals surface area contributed by atoms with Gasteiger partial charge in [-0.3, -0.25) is 4.79 Å². The van der Waals surface area contributed by atoms with Crippen molar-refractivity contribution in [2.45, 2.75) is 52.7 Å². The number of thiocarbonyl (C=S) groups is 1. The Morgan fingerprint density at radius 3 is 2.29 bits per heavy atom. The number of carbonyl (C=O) groups excluding carboxylic acids is 1. The molecule has 0 unspecified atom stereocenters. The van der Waals surface area contributed by atoms with Crippen molar-refractivity contribution < 1.29 is 14.3 Å². The van der Waals surface area contributed by atoms with Crippen molar-refractivity contribution >= 4 is 28.8 Å². The van der Waals surface area contributed by atoms with Crippen LogP contribution in [0.2, 0.25) is 0 Å². The number of anilines is 1. The molecule has 184 valence electrons. The quantitative estimate of drug-likeness (QED) is 0.278. The third-order valence-electron chi connectivity index (χ3n) is 5.44. The summed E-state index contributed by atoms with van der Waals surface area (Å²) in [6.07, 6.45) is 0.0650. The molecular formula is C29H34N2O3S. The Labute approximate surface area is 213 Å². The van der Waals surface area contributed by atoms with E-state index >= 15 is 0 Å². The topological polar surface area (TPSA) is 59.6 Å². The zero-order chi connectivity index (χ0) is 25.6. The Bertz CT molecular complexity index is 1180. The van der Waals surface area contributed by atoms with Crippen molar-refractivity contribution in [1.29, 1.82) is 0 Å². The van der Waals surface area contributed by atoms with Crippen molar-refractivity contribution in [3.8, 4) is 11.5 Å². The van der Waals surface area contributed by atoms with Gasteiger partial charge in [-0.1, -0.05) is 63.2 Å². The fourth-order valence-corrected chi connectivity index (χ4v) is 3.75. The van der Waals surface area contributed by atoms with Gasteiger partial charge in [-0.2, -0.15) is 0 Å². The van der Waals surface area contributed by atoms with Crippen LogP contribution in [-0.4, -0.2) is 24.1 Å². The average Bonchev–Trinajstić information content (AvgIpc) is 2.82. The number of ether oxygens (including phenoxy) is 2. The first-order chi connectivity index (χ1) is 16.6. The molecule has 0 radical (unpaired) electrons. The number of nitrogens with one attached hydrogen (secondary N) is 2. The van der Waals surface area contributed by atoms with Gasteiger partial charge in [0.25, 0.3) is 0 Å². The van der Waals surface area contributed by atoms with Crippen LogP contribution in [-0.2, 0) is 12.0 Å². The monoisotopic (exact) mass is 490 g/mol. The van der Waals surface area contributed by atoms with E-state index in [0.29, 0.717) is 34.3 Å². The zero-order valence-electron chi connectivity index (χ0n) is 21.3. The summed E-state index contributed by atoms with van der Waals surface area (Å²) in [5.41, 5.74) is 4.26. The van der Waals surface area contributed by atoms with Gasteiger partial charge in [0.2, 0.25) is 0 Å². The molecule has 3 aromatic rings. The van der Waals surface area contributed by atoms with Gasteiger partial charge in [-0.15, -0.1) is 0 Å². The van der Waals surface area contributed by atoms with E-state index in [-0.39, 0.29) is 17.3 Å². The van der Waals surface area contributed by atoms with Crippen LogP contribution in [0.1, 0.15) is 61.7 Å². The lowest BCUT2D eigenvalue weighted by Crippen LogP contribution is -2.28. The maximum atomic E-state index is 13.0. The number of ketones is 1. The maximum Gasteiger partial charge on any atom is 0.193 e. The van der Waals surface area contributed by atoms with E-state index in [9.17, 15) is 4.79 Å². The van der Waals surface area contributed by atoms with E-state index in [1.54, 1.807) is 7.11 Å². The molecule has 3 rings (SSSR count). The number of carbonyl (C=O) groups is 1. The second-order valence-electron chi connectivity index (χ2n) is 9.70. The molecule has 0 saturated carbocycles. The molecule has 0 fully saturated rings. The van der Waals surface area contributed by atoms with Crippen molar-refractivity contribution in [3.05, 3.63) is 89.0 Å². The largest absolute Gasteiger partial charge is 0.493 e. The average molecular weight is 491 g/mol. The van der Waals surface area contributed by atoms with Crippen LogP contribution in [0.4, 0.5) is 5.69 Å². The van der Waals surface area contributed by atoms with E-state index in [1.165, 1.54) is 5.56 Å². The highest BCUT2D eigenvalue weighted by Crippen LogP contribution is 2.29. The second kappa shape index (κ2) is 11.4. The van der Waals surface area contributed by atoms with Gasteiger partial charge < -0.3 is 20.1 Å². The Morgan fingerprint density at radius 1 is 0.943 bits per heavy atom. The van der Waals surface area contributed by atoms with Gasteiger partial charge in [0.1, 0.15) is 0 Å². The van der Waals surface area contributed by atoms with E-state index in [0.717, 1.165) is 11.3 Å². The number of benzene rings is 3. The van der Waals surface area contributed by atoms with Gasteiger partial charge in [-0.25, -0.2) is 0 Å². The van der Waals surface area contributed by atoms with Crippen LogP contribution in [0.3, 0.4) is 0 Å². The number of hydrogen-bond acceptors (Lipinski definition) is 4. The first kappa shape index (κ1) is 26.2. The van der Waals surface area contributed by atoms with E-state index in [2.05, 4.69) is 31.4 Å². The van der Waals surface area contributed by atoms with Crippen molar-refractivity contribution in [3.63, 3.8) is 0 Å². The van der Waals surface area contributed by atoms with E-state index in [4.69, 9.17) is 21.7 Å². The molecule has 35 heavy (non-hydrogen) atoms. The maximum absolute atomic E-state index is 13.0. The van der Waals surface area contributed by atoms with Gasteiger partial charge >= 0.3 is 0 Å².